The third-order valence-electron chi connectivity index (χ3n) is 2.90. The highest BCUT2D eigenvalue weighted by Crippen LogP contribution is 2.19. The van der Waals surface area contributed by atoms with E-state index >= 15 is 0 Å². The van der Waals surface area contributed by atoms with Crippen molar-refractivity contribution in [1.29, 1.82) is 0 Å². The van der Waals surface area contributed by atoms with E-state index in [4.69, 9.17) is 0 Å². The Hall–Kier alpha value is -0.470. The molecule has 15 heavy (non-hydrogen) atoms. The van der Waals surface area contributed by atoms with Crippen molar-refractivity contribution in [2.45, 2.75) is 36.6 Å². The van der Waals surface area contributed by atoms with Crippen molar-refractivity contribution < 1.29 is 0 Å². The smallest absolute Gasteiger partial charge is 0.0106 e. The predicted molar refractivity (Wildman–Crippen MR) is 67.4 cm³/mol. The van der Waals surface area contributed by atoms with E-state index in [2.05, 4.69) is 35.6 Å². The maximum atomic E-state index is 3.63. The Labute approximate surface area is 96.7 Å². The van der Waals surface area contributed by atoms with Gasteiger partial charge in [0.15, 0.2) is 0 Å². The lowest BCUT2D eigenvalue weighted by Gasteiger charge is -2.10. The van der Waals surface area contributed by atoms with Gasteiger partial charge in [-0.15, -0.1) is 11.8 Å². The second-order valence-corrected chi connectivity index (χ2v) is 5.27. The average molecular weight is 221 g/mol. The maximum absolute atomic E-state index is 3.63. The SMILES string of the molecule is c1ccc(SCCNC2CCCC2)cc1. The molecule has 0 aromatic heterocycles. The van der Waals surface area contributed by atoms with Gasteiger partial charge in [0.25, 0.3) is 0 Å². The van der Waals surface area contributed by atoms with Gasteiger partial charge in [-0.05, 0) is 25.0 Å². The molecular weight excluding hydrogens is 202 g/mol. The third-order valence-corrected chi connectivity index (χ3v) is 3.92. The molecule has 0 atom stereocenters. The summed E-state index contributed by atoms with van der Waals surface area (Å²) >= 11 is 1.94. The minimum atomic E-state index is 0.807. The normalized spacial score (nSPS) is 17.1. The molecule has 0 amide bonds. The van der Waals surface area contributed by atoms with Gasteiger partial charge in [-0.3, -0.25) is 0 Å². The van der Waals surface area contributed by atoms with Crippen molar-refractivity contribution in [1.82, 2.24) is 5.32 Å². The summed E-state index contributed by atoms with van der Waals surface area (Å²) in [6.07, 6.45) is 5.61. The molecule has 2 heteroatoms. The monoisotopic (exact) mass is 221 g/mol. The van der Waals surface area contributed by atoms with E-state index in [0.29, 0.717) is 0 Å². The highest BCUT2D eigenvalue weighted by atomic mass is 32.2. The summed E-state index contributed by atoms with van der Waals surface area (Å²) in [6, 6.07) is 11.4. The lowest BCUT2D eigenvalue weighted by atomic mass is 10.2. The zero-order valence-corrected chi connectivity index (χ0v) is 9.93. The minimum absolute atomic E-state index is 0.807. The summed E-state index contributed by atoms with van der Waals surface area (Å²) < 4.78 is 0. The fraction of sp³-hybridized carbons (Fsp3) is 0.538. The zero-order chi connectivity index (χ0) is 10.3. The van der Waals surface area contributed by atoms with Crippen molar-refractivity contribution >= 4 is 11.8 Å². The Morgan fingerprint density at radius 2 is 1.87 bits per heavy atom. The van der Waals surface area contributed by atoms with Gasteiger partial charge in [-0.25, -0.2) is 0 Å². The number of thioether (sulfide) groups is 1. The third kappa shape index (κ3) is 3.88. The number of rotatable bonds is 5. The van der Waals surface area contributed by atoms with E-state index in [9.17, 15) is 0 Å². The molecule has 1 aliphatic rings. The second-order valence-electron chi connectivity index (χ2n) is 4.10. The van der Waals surface area contributed by atoms with Crippen molar-refractivity contribution in [2.24, 2.45) is 0 Å². The first kappa shape index (κ1) is 11.0. The van der Waals surface area contributed by atoms with Crippen LogP contribution in [0.25, 0.3) is 0 Å². The Balaban J connectivity index is 1.59. The molecule has 0 heterocycles. The quantitative estimate of drug-likeness (QED) is 0.605. The van der Waals surface area contributed by atoms with Crippen LogP contribution in [0.4, 0.5) is 0 Å². The van der Waals surface area contributed by atoms with E-state index in [1.807, 2.05) is 11.8 Å². The van der Waals surface area contributed by atoms with Gasteiger partial charge in [0.1, 0.15) is 0 Å². The van der Waals surface area contributed by atoms with Gasteiger partial charge < -0.3 is 5.32 Å². The Bertz CT molecular complexity index is 267. The largest absolute Gasteiger partial charge is 0.313 e. The Kier molecular flexibility index (Phi) is 4.55. The average Bonchev–Trinajstić information content (AvgIpc) is 2.79. The molecule has 0 spiro atoms. The van der Waals surface area contributed by atoms with Gasteiger partial charge in [-0.2, -0.15) is 0 Å². The van der Waals surface area contributed by atoms with Crippen LogP contribution in [0.3, 0.4) is 0 Å². The molecule has 1 nitrogen and oxygen atoms in total. The van der Waals surface area contributed by atoms with Gasteiger partial charge in [0.05, 0.1) is 0 Å². The molecular formula is C13H19NS. The van der Waals surface area contributed by atoms with Crippen LogP contribution in [-0.4, -0.2) is 18.3 Å². The lowest BCUT2D eigenvalue weighted by molar-refractivity contribution is 0.545. The van der Waals surface area contributed by atoms with Gasteiger partial charge in [0.2, 0.25) is 0 Å². The topological polar surface area (TPSA) is 12.0 Å². The number of hydrogen-bond acceptors (Lipinski definition) is 2. The van der Waals surface area contributed by atoms with Crippen molar-refractivity contribution in [2.75, 3.05) is 12.3 Å². The minimum Gasteiger partial charge on any atom is -0.313 e. The van der Waals surface area contributed by atoms with Crippen LogP contribution in [0.2, 0.25) is 0 Å². The molecule has 82 valence electrons. The van der Waals surface area contributed by atoms with Crippen LogP contribution in [-0.2, 0) is 0 Å². The molecule has 0 radical (unpaired) electrons. The number of hydrogen-bond donors (Lipinski definition) is 1. The van der Waals surface area contributed by atoms with Crippen LogP contribution in [0, 0.1) is 0 Å². The summed E-state index contributed by atoms with van der Waals surface area (Å²) in [7, 11) is 0. The van der Waals surface area contributed by atoms with E-state index in [1.165, 1.54) is 36.3 Å². The molecule has 0 bridgehead atoms. The fourth-order valence-corrected chi connectivity index (χ4v) is 2.88. The van der Waals surface area contributed by atoms with Crippen LogP contribution in [0.1, 0.15) is 25.7 Å². The standard InChI is InChI=1S/C13H19NS/c1-2-8-13(9-3-1)15-11-10-14-12-6-4-5-7-12/h1-3,8-9,12,14H,4-7,10-11H2. The summed E-state index contributed by atoms with van der Waals surface area (Å²) in [5.74, 6) is 1.18. The molecule has 1 saturated carbocycles. The summed E-state index contributed by atoms with van der Waals surface area (Å²) in [5, 5.41) is 3.63. The van der Waals surface area contributed by atoms with E-state index in [0.717, 1.165) is 12.6 Å². The molecule has 1 aliphatic carbocycles. The highest BCUT2D eigenvalue weighted by Gasteiger charge is 2.13. The Morgan fingerprint density at radius 1 is 1.13 bits per heavy atom. The lowest BCUT2D eigenvalue weighted by Crippen LogP contribution is -2.27. The maximum Gasteiger partial charge on any atom is 0.0106 e. The molecule has 2 rings (SSSR count). The van der Waals surface area contributed by atoms with Gasteiger partial charge in [0, 0.05) is 23.2 Å². The summed E-state index contributed by atoms with van der Waals surface area (Å²) in [5.41, 5.74) is 0. The van der Waals surface area contributed by atoms with E-state index in [-0.39, 0.29) is 0 Å². The van der Waals surface area contributed by atoms with Crippen molar-refractivity contribution in [3.05, 3.63) is 30.3 Å². The zero-order valence-electron chi connectivity index (χ0n) is 9.11. The van der Waals surface area contributed by atoms with Crippen LogP contribution < -0.4 is 5.32 Å². The van der Waals surface area contributed by atoms with Crippen LogP contribution in [0.15, 0.2) is 35.2 Å². The molecule has 0 saturated heterocycles. The molecule has 1 aromatic carbocycles. The van der Waals surface area contributed by atoms with Crippen molar-refractivity contribution in [3.8, 4) is 0 Å². The van der Waals surface area contributed by atoms with Crippen molar-refractivity contribution in [3.63, 3.8) is 0 Å². The number of nitrogens with one attached hydrogen (secondary N) is 1. The molecule has 0 unspecified atom stereocenters. The first-order chi connectivity index (χ1) is 7.45. The summed E-state index contributed by atoms with van der Waals surface area (Å²) in [4.78, 5) is 1.38. The molecule has 1 N–H and O–H groups in total. The van der Waals surface area contributed by atoms with Crippen LogP contribution >= 0.6 is 11.8 Å². The summed E-state index contributed by atoms with van der Waals surface area (Å²) in [6.45, 7) is 1.14. The number of benzene rings is 1. The highest BCUT2D eigenvalue weighted by molar-refractivity contribution is 7.99. The van der Waals surface area contributed by atoms with Gasteiger partial charge in [-0.1, -0.05) is 31.0 Å². The van der Waals surface area contributed by atoms with Gasteiger partial charge >= 0.3 is 0 Å². The first-order valence-corrected chi connectivity index (χ1v) is 6.85. The van der Waals surface area contributed by atoms with Crippen LogP contribution in [0.5, 0.6) is 0 Å². The fourth-order valence-electron chi connectivity index (χ4n) is 2.08. The molecule has 1 fully saturated rings. The van der Waals surface area contributed by atoms with E-state index in [1.54, 1.807) is 0 Å². The molecule has 0 aliphatic heterocycles. The second kappa shape index (κ2) is 6.19. The predicted octanol–water partition coefficient (Wildman–Crippen LogP) is 3.31. The Morgan fingerprint density at radius 3 is 2.60 bits per heavy atom. The molecule has 1 aromatic rings. The van der Waals surface area contributed by atoms with E-state index < -0.39 is 0 Å². The first-order valence-electron chi connectivity index (χ1n) is 5.86.